The van der Waals surface area contributed by atoms with E-state index >= 15 is 0 Å². The van der Waals surface area contributed by atoms with Crippen molar-refractivity contribution in [2.75, 3.05) is 31.5 Å². The molecule has 0 radical (unpaired) electrons. The first-order chi connectivity index (χ1) is 15.6. The smallest absolute Gasteiger partial charge is 0.280 e. The van der Waals surface area contributed by atoms with Crippen LogP contribution < -0.4 is 5.32 Å². The minimum absolute atomic E-state index is 0.0499. The van der Waals surface area contributed by atoms with Crippen molar-refractivity contribution in [1.29, 1.82) is 0 Å². The Bertz CT molecular complexity index is 982. The van der Waals surface area contributed by atoms with Crippen LogP contribution in [0.15, 0.2) is 54.6 Å². The first kappa shape index (κ1) is 25.6. The molecule has 2 aromatic rings. The first-order valence-corrected chi connectivity index (χ1v) is 13.2. The van der Waals surface area contributed by atoms with Gasteiger partial charge in [0.05, 0.1) is 18.3 Å². The summed E-state index contributed by atoms with van der Waals surface area (Å²) in [4.78, 5) is 1.76. The quantitative estimate of drug-likeness (QED) is 0.531. The molecule has 1 N–H and O–H groups in total. The molecule has 0 amide bonds. The molecule has 1 atom stereocenters. The van der Waals surface area contributed by atoms with Crippen LogP contribution in [0.4, 0.5) is 14.5 Å². The van der Waals surface area contributed by atoms with Crippen LogP contribution in [-0.2, 0) is 22.3 Å². The highest BCUT2D eigenvalue weighted by Gasteiger charge is 2.44. The number of anilines is 1. The summed E-state index contributed by atoms with van der Waals surface area (Å²) in [6, 6.07) is 15.4. The molecule has 1 aliphatic heterocycles. The van der Waals surface area contributed by atoms with E-state index in [-0.39, 0.29) is 24.8 Å². The van der Waals surface area contributed by atoms with E-state index in [0.29, 0.717) is 31.7 Å². The third-order valence-corrected chi connectivity index (χ3v) is 7.70. The zero-order chi connectivity index (χ0) is 24.1. The van der Waals surface area contributed by atoms with Gasteiger partial charge in [0.1, 0.15) is 0 Å². The molecular weight excluding hydrogens is 444 g/mol. The molecule has 2 aromatic carbocycles. The first-order valence-electron chi connectivity index (χ1n) is 11.6. The molecule has 1 fully saturated rings. The number of halogens is 2. The Hall–Kier alpha value is -2.03. The van der Waals surface area contributed by atoms with Crippen molar-refractivity contribution in [3.05, 3.63) is 65.7 Å². The molecule has 0 aliphatic carbocycles. The van der Waals surface area contributed by atoms with Crippen LogP contribution in [0, 0.1) is 5.92 Å². The summed E-state index contributed by atoms with van der Waals surface area (Å²) >= 11 is 0. The van der Waals surface area contributed by atoms with E-state index < -0.39 is 22.0 Å². The zero-order valence-corrected chi connectivity index (χ0v) is 20.5. The molecule has 0 saturated carbocycles. The second kappa shape index (κ2) is 10.9. The fourth-order valence-electron chi connectivity index (χ4n) is 4.13. The Morgan fingerprint density at radius 1 is 1.09 bits per heavy atom. The number of hydrogen-bond donors (Lipinski definition) is 1. The average molecular weight is 480 g/mol. The topological polar surface area (TPSA) is 52.6 Å². The highest BCUT2D eigenvalue weighted by atomic mass is 32.2. The predicted molar refractivity (Wildman–Crippen MR) is 130 cm³/mol. The molecule has 1 saturated heterocycles. The van der Waals surface area contributed by atoms with Gasteiger partial charge in [0.15, 0.2) is 0 Å². The molecular formula is C25H35F2N3O2S. The number of benzene rings is 2. The Morgan fingerprint density at radius 3 is 2.33 bits per heavy atom. The largest absolute Gasteiger partial charge is 0.376 e. The van der Waals surface area contributed by atoms with Gasteiger partial charge in [-0.3, -0.25) is 4.90 Å². The van der Waals surface area contributed by atoms with E-state index in [1.165, 1.54) is 4.31 Å². The molecule has 33 heavy (non-hydrogen) atoms. The predicted octanol–water partition coefficient (Wildman–Crippen LogP) is 4.82. The maximum atomic E-state index is 14.5. The summed E-state index contributed by atoms with van der Waals surface area (Å²) in [7, 11) is -3.51. The molecule has 182 valence electrons. The summed E-state index contributed by atoms with van der Waals surface area (Å²) in [6.45, 7) is 7.57. The van der Waals surface area contributed by atoms with Gasteiger partial charge in [0, 0.05) is 25.3 Å². The Kier molecular flexibility index (Phi) is 8.48. The molecule has 0 aromatic heterocycles. The number of nitrogens with zero attached hydrogens (tertiary/aromatic N) is 2. The third kappa shape index (κ3) is 7.22. The number of hydrogen-bond acceptors (Lipinski definition) is 4. The van der Waals surface area contributed by atoms with Gasteiger partial charge >= 0.3 is 0 Å². The fraction of sp³-hybridized carbons (Fsp3) is 0.520. The molecule has 1 heterocycles. The van der Waals surface area contributed by atoms with Crippen LogP contribution in [-0.4, -0.2) is 55.8 Å². The van der Waals surface area contributed by atoms with Crippen molar-refractivity contribution in [2.24, 2.45) is 5.92 Å². The Balaban J connectivity index is 1.68. The van der Waals surface area contributed by atoms with Gasteiger partial charge in [-0.05, 0) is 42.1 Å². The standard InChI is InChI=1S/C25H35F2N3O2S/c1-4-29-15-14-24(25(26,27)19-29)28-23-12-10-21(11-13-23)17-30(16-20(2)3)33(31,32)18-22-8-6-5-7-9-22/h5-13,20,24,28H,4,14-19H2,1-3H3/t24-/m0/s1. The molecule has 5 nitrogen and oxygen atoms in total. The van der Waals surface area contributed by atoms with Crippen molar-refractivity contribution < 1.29 is 17.2 Å². The maximum Gasteiger partial charge on any atom is 0.280 e. The van der Waals surface area contributed by atoms with E-state index in [1.54, 1.807) is 17.0 Å². The summed E-state index contributed by atoms with van der Waals surface area (Å²) in [5.41, 5.74) is 2.20. The lowest BCUT2D eigenvalue weighted by Crippen LogP contribution is -2.54. The second-order valence-corrected chi connectivity index (χ2v) is 11.2. The van der Waals surface area contributed by atoms with E-state index in [1.807, 2.05) is 63.2 Å². The normalized spacial score (nSPS) is 19.2. The zero-order valence-electron chi connectivity index (χ0n) is 19.7. The summed E-state index contributed by atoms with van der Waals surface area (Å²) in [6.07, 6.45) is 0.377. The minimum Gasteiger partial charge on any atom is -0.376 e. The molecule has 0 unspecified atom stereocenters. The van der Waals surface area contributed by atoms with Crippen molar-refractivity contribution in [3.63, 3.8) is 0 Å². The van der Waals surface area contributed by atoms with E-state index in [0.717, 1.165) is 11.1 Å². The lowest BCUT2D eigenvalue weighted by molar-refractivity contribution is -0.0724. The Labute approximate surface area is 196 Å². The SMILES string of the molecule is CCN1CC[C@H](Nc2ccc(CN(CC(C)C)S(=O)(=O)Cc3ccccc3)cc2)C(F)(F)C1. The number of nitrogens with one attached hydrogen (secondary N) is 1. The molecule has 0 bridgehead atoms. The second-order valence-electron chi connectivity index (χ2n) is 9.24. The van der Waals surface area contributed by atoms with Gasteiger partial charge in [-0.1, -0.05) is 63.2 Å². The number of alkyl halides is 2. The van der Waals surface area contributed by atoms with E-state index in [2.05, 4.69) is 5.32 Å². The summed E-state index contributed by atoms with van der Waals surface area (Å²) in [5.74, 6) is -2.68. The Morgan fingerprint density at radius 2 is 1.76 bits per heavy atom. The van der Waals surface area contributed by atoms with Crippen molar-refractivity contribution in [1.82, 2.24) is 9.21 Å². The third-order valence-electron chi connectivity index (χ3n) is 5.93. The molecule has 8 heteroatoms. The molecule has 0 spiro atoms. The van der Waals surface area contributed by atoms with Gasteiger partial charge in [0.25, 0.3) is 5.92 Å². The van der Waals surface area contributed by atoms with Gasteiger partial charge in [-0.2, -0.15) is 4.31 Å². The number of piperidine rings is 1. The van der Waals surface area contributed by atoms with Gasteiger partial charge in [-0.25, -0.2) is 17.2 Å². The fourth-order valence-corrected chi connectivity index (χ4v) is 5.80. The minimum atomic E-state index is -3.51. The van der Waals surface area contributed by atoms with Crippen LogP contribution >= 0.6 is 0 Å². The number of likely N-dealkylation sites (tertiary alicyclic amines) is 1. The lowest BCUT2D eigenvalue weighted by atomic mass is 10.00. The van der Waals surface area contributed by atoms with Gasteiger partial charge in [-0.15, -0.1) is 0 Å². The highest BCUT2D eigenvalue weighted by Crippen LogP contribution is 2.30. The van der Waals surface area contributed by atoms with Gasteiger partial charge < -0.3 is 5.32 Å². The van der Waals surface area contributed by atoms with E-state index in [9.17, 15) is 17.2 Å². The summed E-state index contributed by atoms with van der Waals surface area (Å²) < 4.78 is 56.7. The maximum absolute atomic E-state index is 14.5. The number of rotatable bonds is 10. The summed E-state index contributed by atoms with van der Waals surface area (Å²) in [5, 5.41) is 2.98. The number of sulfonamides is 1. The van der Waals surface area contributed by atoms with Crippen molar-refractivity contribution >= 4 is 15.7 Å². The molecule has 3 rings (SSSR count). The van der Waals surface area contributed by atoms with Crippen molar-refractivity contribution in [2.45, 2.75) is 51.5 Å². The lowest BCUT2D eigenvalue weighted by Gasteiger charge is -2.38. The average Bonchev–Trinajstić information content (AvgIpc) is 2.75. The monoisotopic (exact) mass is 479 g/mol. The van der Waals surface area contributed by atoms with Crippen LogP contribution in [0.5, 0.6) is 0 Å². The van der Waals surface area contributed by atoms with Crippen LogP contribution in [0.25, 0.3) is 0 Å². The van der Waals surface area contributed by atoms with Crippen molar-refractivity contribution in [3.8, 4) is 0 Å². The van der Waals surface area contributed by atoms with Gasteiger partial charge in [0.2, 0.25) is 10.0 Å². The van der Waals surface area contributed by atoms with E-state index in [4.69, 9.17) is 0 Å². The van der Waals surface area contributed by atoms with Crippen LogP contribution in [0.1, 0.15) is 38.3 Å². The molecule has 1 aliphatic rings. The van der Waals surface area contributed by atoms with Crippen LogP contribution in [0.2, 0.25) is 0 Å². The highest BCUT2D eigenvalue weighted by molar-refractivity contribution is 7.88. The van der Waals surface area contributed by atoms with Crippen LogP contribution in [0.3, 0.4) is 0 Å².